The van der Waals surface area contributed by atoms with E-state index in [1.165, 1.54) is 11.3 Å². The SMILES string of the molecule is ClCc1cnc(-c2ncccn2)s1. The highest BCUT2D eigenvalue weighted by atomic mass is 35.5. The minimum Gasteiger partial charge on any atom is -0.241 e. The Morgan fingerprint density at radius 3 is 2.62 bits per heavy atom. The van der Waals surface area contributed by atoms with E-state index in [-0.39, 0.29) is 0 Å². The van der Waals surface area contributed by atoms with Gasteiger partial charge in [-0.3, -0.25) is 0 Å². The third-order valence-corrected chi connectivity index (χ3v) is 2.88. The number of hydrogen-bond donors (Lipinski definition) is 0. The molecule has 0 fully saturated rings. The average molecular weight is 212 g/mol. The zero-order chi connectivity index (χ0) is 9.10. The first-order chi connectivity index (χ1) is 6.40. The smallest absolute Gasteiger partial charge is 0.188 e. The van der Waals surface area contributed by atoms with Gasteiger partial charge in [0.05, 0.1) is 5.88 Å². The summed E-state index contributed by atoms with van der Waals surface area (Å²) in [4.78, 5) is 13.4. The lowest BCUT2D eigenvalue weighted by atomic mass is 10.6. The van der Waals surface area contributed by atoms with Crippen molar-refractivity contribution in [2.24, 2.45) is 0 Å². The minimum absolute atomic E-state index is 0.491. The Morgan fingerprint density at radius 1 is 1.23 bits per heavy atom. The molecule has 13 heavy (non-hydrogen) atoms. The van der Waals surface area contributed by atoms with Crippen molar-refractivity contribution in [3.8, 4) is 10.8 Å². The lowest BCUT2D eigenvalue weighted by Gasteiger charge is -1.90. The van der Waals surface area contributed by atoms with Gasteiger partial charge < -0.3 is 0 Å². The minimum atomic E-state index is 0.491. The molecule has 66 valence electrons. The van der Waals surface area contributed by atoms with Crippen molar-refractivity contribution < 1.29 is 0 Å². The second kappa shape index (κ2) is 3.81. The Hall–Kier alpha value is -1.00. The van der Waals surface area contributed by atoms with Gasteiger partial charge in [-0.1, -0.05) is 0 Å². The zero-order valence-corrected chi connectivity index (χ0v) is 8.22. The molecule has 2 rings (SSSR count). The monoisotopic (exact) mass is 211 g/mol. The van der Waals surface area contributed by atoms with Crippen LogP contribution in [-0.2, 0) is 5.88 Å². The molecule has 0 radical (unpaired) electrons. The van der Waals surface area contributed by atoms with Crippen LogP contribution >= 0.6 is 22.9 Å². The summed E-state index contributed by atoms with van der Waals surface area (Å²) in [5.41, 5.74) is 0. The number of halogens is 1. The third-order valence-electron chi connectivity index (χ3n) is 1.44. The van der Waals surface area contributed by atoms with Gasteiger partial charge in [0.2, 0.25) is 0 Å². The lowest BCUT2D eigenvalue weighted by Crippen LogP contribution is -1.84. The van der Waals surface area contributed by atoms with E-state index >= 15 is 0 Å². The fourth-order valence-electron chi connectivity index (χ4n) is 0.882. The summed E-state index contributed by atoms with van der Waals surface area (Å²) in [5, 5.41) is 0.816. The fraction of sp³-hybridized carbons (Fsp3) is 0.125. The molecule has 0 amide bonds. The van der Waals surface area contributed by atoms with Gasteiger partial charge in [-0.25, -0.2) is 15.0 Å². The summed E-state index contributed by atoms with van der Waals surface area (Å²) in [6.45, 7) is 0. The van der Waals surface area contributed by atoms with Crippen LogP contribution < -0.4 is 0 Å². The average Bonchev–Trinajstić information content (AvgIpc) is 2.67. The molecule has 0 aliphatic heterocycles. The van der Waals surface area contributed by atoms with Gasteiger partial charge in [0, 0.05) is 23.5 Å². The van der Waals surface area contributed by atoms with E-state index in [2.05, 4.69) is 15.0 Å². The predicted molar refractivity (Wildman–Crippen MR) is 52.7 cm³/mol. The van der Waals surface area contributed by atoms with Crippen molar-refractivity contribution in [1.82, 2.24) is 15.0 Å². The first-order valence-electron chi connectivity index (χ1n) is 3.68. The highest BCUT2D eigenvalue weighted by Crippen LogP contribution is 2.22. The maximum Gasteiger partial charge on any atom is 0.188 e. The summed E-state index contributed by atoms with van der Waals surface area (Å²) < 4.78 is 0. The van der Waals surface area contributed by atoms with Crippen LogP contribution in [0.4, 0.5) is 0 Å². The second-order valence-electron chi connectivity index (χ2n) is 2.34. The fourth-order valence-corrected chi connectivity index (χ4v) is 1.83. The van der Waals surface area contributed by atoms with Crippen LogP contribution in [0.5, 0.6) is 0 Å². The van der Waals surface area contributed by atoms with Crippen LogP contribution in [0.15, 0.2) is 24.7 Å². The Balaban J connectivity index is 2.36. The first-order valence-corrected chi connectivity index (χ1v) is 5.03. The summed E-state index contributed by atoms with van der Waals surface area (Å²) in [7, 11) is 0. The van der Waals surface area contributed by atoms with E-state index in [0.29, 0.717) is 11.7 Å². The first kappa shape index (κ1) is 8.59. The van der Waals surface area contributed by atoms with Gasteiger partial charge in [-0.05, 0) is 6.07 Å². The molecule has 0 saturated heterocycles. The Bertz CT molecular complexity index is 387. The summed E-state index contributed by atoms with van der Waals surface area (Å²) in [6.07, 6.45) is 5.15. The van der Waals surface area contributed by atoms with Crippen molar-refractivity contribution in [2.45, 2.75) is 5.88 Å². The molecule has 2 aromatic rings. The number of nitrogens with zero attached hydrogens (tertiary/aromatic N) is 3. The molecule has 0 aliphatic rings. The highest BCUT2D eigenvalue weighted by molar-refractivity contribution is 7.15. The molecule has 0 unspecified atom stereocenters. The number of hydrogen-bond acceptors (Lipinski definition) is 4. The normalized spacial score (nSPS) is 10.2. The van der Waals surface area contributed by atoms with Crippen LogP contribution in [0.25, 0.3) is 10.8 Å². The maximum atomic E-state index is 5.66. The van der Waals surface area contributed by atoms with Gasteiger partial charge in [0.15, 0.2) is 10.8 Å². The molecule has 0 spiro atoms. The van der Waals surface area contributed by atoms with Crippen molar-refractivity contribution >= 4 is 22.9 Å². The summed E-state index contributed by atoms with van der Waals surface area (Å²) >= 11 is 7.18. The molecule has 5 heteroatoms. The highest BCUT2D eigenvalue weighted by Gasteiger charge is 2.05. The molecule has 3 nitrogen and oxygen atoms in total. The molecular weight excluding hydrogens is 206 g/mol. The molecule has 0 bridgehead atoms. The van der Waals surface area contributed by atoms with E-state index in [4.69, 9.17) is 11.6 Å². The van der Waals surface area contributed by atoms with Gasteiger partial charge in [0.25, 0.3) is 0 Å². The van der Waals surface area contributed by atoms with Crippen molar-refractivity contribution in [3.05, 3.63) is 29.5 Å². The van der Waals surface area contributed by atoms with E-state index < -0.39 is 0 Å². The number of aromatic nitrogens is 3. The molecule has 2 heterocycles. The standard InChI is InChI=1S/C8H6ClN3S/c9-4-6-5-12-8(13-6)7-10-2-1-3-11-7/h1-3,5H,4H2. The number of rotatable bonds is 2. The molecular formula is C8H6ClN3S. The van der Waals surface area contributed by atoms with E-state index in [9.17, 15) is 0 Å². The Kier molecular flexibility index (Phi) is 2.52. The molecule has 0 N–H and O–H groups in total. The largest absolute Gasteiger partial charge is 0.241 e. The van der Waals surface area contributed by atoms with Crippen LogP contribution in [0, 0.1) is 0 Å². The Morgan fingerprint density at radius 2 is 2.00 bits per heavy atom. The maximum absolute atomic E-state index is 5.66. The van der Waals surface area contributed by atoms with Crippen molar-refractivity contribution in [1.29, 1.82) is 0 Å². The zero-order valence-electron chi connectivity index (χ0n) is 6.64. The summed E-state index contributed by atoms with van der Waals surface area (Å²) in [5.74, 6) is 1.15. The van der Waals surface area contributed by atoms with Crippen LogP contribution in [0.3, 0.4) is 0 Å². The predicted octanol–water partition coefficient (Wildman–Crippen LogP) is 2.34. The van der Waals surface area contributed by atoms with Crippen LogP contribution in [0.1, 0.15) is 4.88 Å². The molecule has 2 aromatic heterocycles. The van der Waals surface area contributed by atoms with Crippen molar-refractivity contribution in [2.75, 3.05) is 0 Å². The summed E-state index contributed by atoms with van der Waals surface area (Å²) in [6, 6.07) is 1.78. The lowest BCUT2D eigenvalue weighted by molar-refractivity contribution is 1.16. The van der Waals surface area contributed by atoms with Gasteiger partial charge >= 0.3 is 0 Å². The molecule has 0 aliphatic carbocycles. The number of alkyl halides is 1. The van der Waals surface area contributed by atoms with E-state index in [1.807, 2.05) is 0 Å². The van der Waals surface area contributed by atoms with Gasteiger partial charge in [-0.15, -0.1) is 22.9 Å². The molecule has 0 aromatic carbocycles. The van der Waals surface area contributed by atoms with E-state index in [1.54, 1.807) is 24.7 Å². The van der Waals surface area contributed by atoms with Crippen LogP contribution in [0.2, 0.25) is 0 Å². The van der Waals surface area contributed by atoms with Gasteiger partial charge in [-0.2, -0.15) is 0 Å². The molecule has 0 atom stereocenters. The topological polar surface area (TPSA) is 38.7 Å². The Labute approximate surface area is 84.5 Å². The molecule has 0 saturated carbocycles. The van der Waals surface area contributed by atoms with Crippen molar-refractivity contribution in [3.63, 3.8) is 0 Å². The van der Waals surface area contributed by atoms with E-state index in [0.717, 1.165) is 9.88 Å². The quantitative estimate of drug-likeness (QED) is 0.716. The van der Waals surface area contributed by atoms with Crippen LogP contribution in [-0.4, -0.2) is 15.0 Å². The third kappa shape index (κ3) is 1.84. The van der Waals surface area contributed by atoms with Gasteiger partial charge in [0.1, 0.15) is 0 Å². The number of thiazole rings is 1. The second-order valence-corrected chi connectivity index (χ2v) is 3.72.